The fourth-order valence-corrected chi connectivity index (χ4v) is 2.31. The van der Waals surface area contributed by atoms with Crippen LogP contribution < -0.4 is 10.5 Å². The average Bonchev–Trinajstić information content (AvgIpc) is 2.74. The Kier molecular flexibility index (Phi) is 3.93. The summed E-state index contributed by atoms with van der Waals surface area (Å²) in [5.41, 5.74) is 6.40. The van der Waals surface area contributed by atoms with Crippen molar-refractivity contribution in [2.75, 3.05) is 0 Å². The summed E-state index contributed by atoms with van der Waals surface area (Å²) in [6, 6.07) is 7.75. The summed E-state index contributed by atoms with van der Waals surface area (Å²) in [7, 11) is 0. The van der Waals surface area contributed by atoms with Gasteiger partial charge in [0, 0.05) is 16.4 Å². The zero-order valence-electron chi connectivity index (χ0n) is 8.52. The van der Waals surface area contributed by atoms with Crippen molar-refractivity contribution in [2.24, 2.45) is 5.73 Å². The first-order valence-corrected chi connectivity index (χ1v) is 6.47. The Morgan fingerprint density at radius 3 is 3.00 bits per heavy atom. The lowest BCUT2D eigenvalue weighted by Crippen LogP contribution is -1.98. The first-order valence-electron chi connectivity index (χ1n) is 4.79. The third kappa shape index (κ3) is 3.04. The summed E-state index contributed by atoms with van der Waals surface area (Å²) in [4.78, 5) is 4.32. The maximum Gasteiger partial charge on any atom is 0.140 e. The normalized spacial score (nSPS) is 10.4. The lowest BCUT2D eigenvalue weighted by molar-refractivity contribution is 0.305. The summed E-state index contributed by atoms with van der Waals surface area (Å²) in [5, 5.41) is 2.90. The van der Waals surface area contributed by atoms with E-state index < -0.39 is 0 Å². The van der Waals surface area contributed by atoms with Crippen LogP contribution in [0, 0.1) is 0 Å². The second-order valence-electron chi connectivity index (χ2n) is 3.18. The van der Waals surface area contributed by atoms with E-state index in [2.05, 4.69) is 20.9 Å². The molecule has 0 aliphatic carbocycles. The molecule has 0 amide bonds. The van der Waals surface area contributed by atoms with Crippen molar-refractivity contribution in [3.8, 4) is 5.75 Å². The predicted molar refractivity (Wildman–Crippen MR) is 68.5 cm³/mol. The molecule has 2 N–H and O–H groups in total. The van der Waals surface area contributed by atoms with Crippen LogP contribution in [-0.4, -0.2) is 4.98 Å². The average molecular weight is 299 g/mol. The third-order valence-corrected chi connectivity index (χ3v) is 3.33. The number of aromatic nitrogens is 1. The highest BCUT2D eigenvalue weighted by Crippen LogP contribution is 2.19. The Labute approximate surface area is 106 Å². The molecule has 5 heteroatoms. The van der Waals surface area contributed by atoms with Gasteiger partial charge in [0.2, 0.25) is 0 Å². The smallest absolute Gasteiger partial charge is 0.140 e. The fourth-order valence-electron chi connectivity index (χ4n) is 1.21. The van der Waals surface area contributed by atoms with Crippen molar-refractivity contribution >= 4 is 27.3 Å². The predicted octanol–water partition coefficient (Wildman–Crippen LogP) is 2.94. The largest absolute Gasteiger partial charge is 0.486 e. The maximum atomic E-state index is 5.61. The SMILES string of the molecule is NCc1csc(COc2cccc(Br)c2)n1. The van der Waals surface area contributed by atoms with E-state index in [4.69, 9.17) is 10.5 Å². The van der Waals surface area contributed by atoms with Crippen LogP contribution in [0.2, 0.25) is 0 Å². The zero-order chi connectivity index (χ0) is 11.4. The van der Waals surface area contributed by atoms with Crippen molar-refractivity contribution in [1.29, 1.82) is 0 Å². The van der Waals surface area contributed by atoms with Gasteiger partial charge in [-0.25, -0.2) is 4.98 Å². The number of ether oxygens (including phenoxy) is 1. The zero-order valence-corrected chi connectivity index (χ0v) is 10.9. The van der Waals surface area contributed by atoms with Gasteiger partial charge in [0.1, 0.15) is 17.4 Å². The number of hydrogen-bond donors (Lipinski definition) is 1. The summed E-state index contributed by atoms with van der Waals surface area (Å²) in [5.74, 6) is 0.832. The van der Waals surface area contributed by atoms with Crippen LogP contribution in [0.4, 0.5) is 0 Å². The molecule has 16 heavy (non-hydrogen) atoms. The van der Waals surface area contributed by atoms with Gasteiger partial charge < -0.3 is 10.5 Å². The third-order valence-electron chi connectivity index (χ3n) is 1.97. The van der Waals surface area contributed by atoms with Crippen LogP contribution in [0.1, 0.15) is 10.7 Å². The molecule has 0 radical (unpaired) electrons. The summed E-state index contributed by atoms with van der Waals surface area (Å²) in [6.45, 7) is 0.967. The van der Waals surface area contributed by atoms with Crippen LogP contribution in [0.25, 0.3) is 0 Å². The molecule has 0 fully saturated rings. The molecule has 2 rings (SSSR count). The number of nitrogens with zero attached hydrogens (tertiary/aromatic N) is 1. The van der Waals surface area contributed by atoms with Crippen molar-refractivity contribution in [3.63, 3.8) is 0 Å². The van der Waals surface area contributed by atoms with E-state index >= 15 is 0 Å². The maximum absolute atomic E-state index is 5.61. The Hall–Kier alpha value is -0.910. The Bertz CT molecular complexity index is 473. The molecule has 0 spiro atoms. The van der Waals surface area contributed by atoms with Crippen LogP contribution in [0.15, 0.2) is 34.1 Å². The van der Waals surface area contributed by atoms with Crippen LogP contribution in [0.5, 0.6) is 5.75 Å². The highest BCUT2D eigenvalue weighted by molar-refractivity contribution is 9.10. The molecule has 0 aliphatic heterocycles. The topological polar surface area (TPSA) is 48.1 Å². The standard InChI is InChI=1S/C11H11BrN2OS/c12-8-2-1-3-10(4-8)15-6-11-14-9(5-13)7-16-11/h1-4,7H,5-6,13H2. The van der Waals surface area contributed by atoms with E-state index in [-0.39, 0.29) is 0 Å². The minimum Gasteiger partial charge on any atom is -0.486 e. The number of benzene rings is 1. The van der Waals surface area contributed by atoms with Gasteiger partial charge in [-0.05, 0) is 18.2 Å². The molecule has 0 saturated carbocycles. The van der Waals surface area contributed by atoms with Gasteiger partial charge in [-0.15, -0.1) is 11.3 Å². The first-order chi connectivity index (χ1) is 7.78. The van der Waals surface area contributed by atoms with E-state index in [1.54, 1.807) is 11.3 Å². The fraction of sp³-hybridized carbons (Fsp3) is 0.182. The van der Waals surface area contributed by atoms with Crippen LogP contribution in [-0.2, 0) is 13.2 Å². The van der Waals surface area contributed by atoms with E-state index in [0.717, 1.165) is 20.9 Å². The first kappa shape index (κ1) is 11.6. The summed E-state index contributed by atoms with van der Waals surface area (Å²) < 4.78 is 6.61. The highest BCUT2D eigenvalue weighted by Gasteiger charge is 2.01. The summed E-state index contributed by atoms with van der Waals surface area (Å²) >= 11 is 4.96. The minimum atomic E-state index is 0.480. The lowest BCUT2D eigenvalue weighted by Gasteiger charge is -2.03. The molecule has 3 nitrogen and oxygen atoms in total. The Morgan fingerprint density at radius 2 is 2.31 bits per heavy atom. The molecule has 1 heterocycles. The molecule has 0 bridgehead atoms. The number of halogens is 1. The molecule has 0 atom stereocenters. The van der Waals surface area contributed by atoms with Crippen molar-refractivity contribution in [1.82, 2.24) is 4.98 Å². The van der Waals surface area contributed by atoms with Gasteiger partial charge >= 0.3 is 0 Å². The van der Waals surface area contributed by atoms with Crippen molar-refractivity contribution < 1.29 is 4.74 Å². The number of hydrogen-bond acceptors (Lipinski definition) is 4. The number of thiazole rings is 1. The van der Waals surface area contributed by atoms with Crippen molar-refractivity contribution in [3.05, 3.63) is 44.8 Å². The Morgan fingerprint density at radius 1 is 1.44 bits per heavy atom. The van der Waals surface area contributed by atoms with E-state index in [9.17, 15) is 0 Å². The molecular weight excluding hydrogens is 288 g/mol. The van der Waals surface area contributed by atoms with E-state index in [0.29, 0.717) is 13.2 Å². The quantitative estimate of drug-likeness (QED) is 0.944. The number of rotatable bonds is 4. The van der Waals surface area contributed by atoms with Gasteiger partial charge in [-0.3, -0.25) is 0 Å². The molecule has 1 aromatic carbocycles. The number of nitrogens with two attached hydrogens (primary N) is 1. The second-order valence-corrected chi connectivity index (χ2v) is 5.04. The molecule has 0 unspecified atom stereocenters. The molecule has 0 aliphatic rings. The monoisotopic (exact) mass is 298 g/mol. The van der Waals surface area contributed by atoms with E-state index in [1.165, 1.54) is 0 Å². The molecule has 84 valence electrons. The summed E-state index contributed by atoms with van der Waals surface area (Å²) in [6.07, 6.45) is 0. The lowest BCUT2D eigenvalue weighted by atomic mass is 10.3. The second kappa shape index (κ2) is 5.43. The van der Waals surface area contributed by atoms with Gasteiger partial charge in [0.05, 0.1) is 5.69 Å². The molecule has 0 saturated heterocycles. The molecule has 2 aromatic rings. The van der Waals surface area contributed by atoms with Gasteiger partial charge in [-0.1, -0.05) is 22.0 Å². The van der Waals surface area contributed by atoms with Gasteiger partial charge in [0.15, 0.2) is 0 Å². The highest BCUT2D eigenvalue weighted by atomic mass is 79.9. The molecular formula is C11H11BrN2OS. The Balaban J connectivity index is 1.96. The molecule has 1 aromatic heterocycles. The van der Waals surface area contributed by atoms with E-state index in [1.807, 2.05) is 29.6 Å². The van der Waals surface area contributed by atoms with Gasteiger partial charge in [0.25, 0.3) is 0 Å². The van der Waals surface area contributed by atoms with Gasteiger partial charge in [-0.2, -0.15) is 0 Å². The minimum absolute atomic E-state index is 0.480. The van der Waals surface area contributed by atoms with Crippen LogP contribution in [0.3, 0.4) is 0 Å². The van der Waals surface area contributed by atoms with Crippen molar-refractivity contribution in [2.45, 2.75) is 13.2 Å². The van der Waals surface area contributed by atoms with Crippen LogP contribution >= 0.6 is 27.3 Å².